The van der Waals surface area contributed by atoms with Crippen molar-refractivity contribution in [2.45, 2.75) is 19.8 Å². The molecule has 0 spiro atoms. The second-order valence-corrected chi connectivity index (χ2v) is 7.03. The van der Waals surface area contributed by atoms with E-state index in [1.165, 1.54) is 0 Å². The van der Waals surface area contributed by atoms with Crippen LogP contribution in [0.25, 0.3) is 5.65 Å². The molecule has 3 heterocycles. The highest BCUT2D eigenvalue weighted by Crippen LogP contribution is 2.30. The summed E-state index contributed by atoms with van der Waals surface area (Å²) >= 11 is 0. The molecule has 0 aliphatic carbocycles. The fourth-order valence-electron chi connectivity index (χ4n) is 3.57. The topological polar surface area (TPSA) is 93.9 Å². The minimum atomic E-state index is -0.0671. The van der Waals surface area contributed by atoms with E-state index in [2.05, 4.69) is 25.5 Å². The molecular weight excluding hydrogens is 372 g/mol. The normalized spacial score (nSPS) is 14.8. The summed E-state index contributed by atoms with van der Waals surface area (Å²) in [5.74, 6) is 2.83. The van der Waals surface area contributed by atoms with Gasteiger partial charge in [0.2, 0.25) is 5.91 Å². The molecule has 4 rings (SSSR count). The Balaban J connectivity index is 1.41. The van der Waals surface area contributed by atoms with Crippen molar-refractivity contribution in [3.05, 3.63) is 36.2 Å². The van der Waals surface area contributed by atoms with Crippen molar-refractivity contribution < 1.29 is 14.3 Å². The third-order valence-corrected chi connectivity index (χ3v) is 5.26. The van der Waals surface area contributed by atoms with Gasteiger partial charge < -0.3 is 19.7 Å². The summed E-state index contributed by atoms with van der Waals surface area (Å²) in [6.07, 6.45) is 1.50. The van der Waals surface area contributed by atoms with E-state index in [1.807, 2.05) is 19.1 Å². The summed E-state index contributed by atoms with van der Waals surface area (Å²) in [7, 11) is 3.17. The molecule has 1 aliphatic rings. The van der Waals surface area contributed by atoms with Crippen LogP contribution in [0.1, 0.15) is 18.7 Å². The van der Waals surface area contributed by atoms with Gasteiger partial charge >= 0.3 is 0 Å². The number of aryl methyl sites for hydroxylation is 1. The van der Waals surface area contributed by atoms with Crippen LogP contribution < -0.4 is 19.7 Å². The van der Waals surface area contributed by atoms with Crippen molar-refractivity contribution in [1.29, 1.82) is 0 Å². The molecule has 29 heavy (non-hydrogen) atoms. The summed E-state index contributed by atoms with van der Waals surface area (Å²) in [6, 6.07) is 9.22. The van der Waals surface area contributed by atoms with Crippen LogP contribution in [0.2, 0.25) is 0 Å². The highest BCUT2D eigenvalue weighted by atomic mass is 16.5. The number of amides is 1. The predicted octanol–water partition coefficient (Wildman–Crippen LogP) is 2.31. The van der Waals surface area contributed by atoms with Crippen molar-refractivity contribution in [3.8, 4) is 11.5 Å². The number of piperidine rings is 1. The molecule has 0 radical (unpaired) electrons. The molecule has 2 aromatic heterocycles. The molecule has 1 amide bonds. The number of ether oxygens (including phenoxy) is 2. The van der Waals surface area contributed by atoms with Crippen molar-refractivity contribution in [2.75, 3.05) is 37.5 Å². The maximum Gasteiger partial charge on any atom is 0.227 e. The van der Waals surface area contributed by atoms with Crippen LogP contribution in [0.15, 0.2) is 30.3 Å². The van der Waals surface area contributed by atoms with Crippen LogP contribution in [0.3, 0.4) is 0 Å². The number of rotatable bonds is 5. The molecular formula is C20H24N6O3. The Kier molecular flexibility index (Phi) is 5.20. The van der Waals surface area contributed by atoms with Gasteiger partial charge in [-0.05, 0) is 44.0 Å². The number of carbonyl (C=O) groups is 1. The van der Waals surface area contributed by atoms with Gasteiger partial charge in [-0.1, -0.05) is 0 Å². The first kappa shape index (κ1) is 19.0. The molecule has 1 saturated heterocycles. The van der Waals surface area contributed by atoms with E-state index in [1.54, 1.807) is 36.9 Å². The molecule has 9 nitrogen and oxygen atoms in total. The zero-order valence-corrected chi connectivity index (χ0v) is 16.8. The van der Waals surface area contributed by atoms with Gasteiger partial charge in [-0.15, -0.1) is 15.3 Å². The van der Waals surface area contributed by atoms with Gasteiger partial charge in [0, 0.05) is 25.1 Å². The Labute approximate surface area is 168 Å². The molecule has 3 aromatic rings. The second kappa shape index (κ2) is 7.94. The molecule has 0 unspecified atom stereocenters. The van der Waals surface area contributed by atoms with Crippen LogP contribution in [-0.2, 0) is 4.79 Å². The number of methoxy groups -OCH3 is 2. The van der Waals surface area contributed by atoms with Gasteiger partial charge in [0.15, 0.2) is 11.5 Å². The Morgan fingerprint density at radius 3 is 2.62 bits per heavy atom. The minimum Gasteiger partial charge on any atom is -0.497 e. The van der Waals surface area contributed by atoms with E-state index in [0.717, 1.165) is 43.2 Å². The average molecular weight is 396 g/mol. The van der Waals surface area contributed by atoms with Crippen LogP contribution in [0.5, 0.6) is 11.5 Å². The lowest BCUT2D eigenvalue weighted by Crippen LogP contribution is -2.38. The summed E-state index contributed by atoms with van der Waals surface area (Å²) in [5.41, 5.74) is 1.35. The zero-order valence-electron chi connectivity index (χ0n) is 16.8. The number of anilines is 2. The SMILES string of the molecule is COc1ccc(OC)c(NC(=O)C2CCN(c3ccc4nnc(C)n4n3)CC2)c1. The second-order valence-electron chi connectivity index (χ2n) is 7.03. The van der Waals surface area contributed by atoms with Gasteiger partial charge in [-0.2, -0.15) is 4.52 Å². The standard InChI is InChI=1S/C20H24N6O3/c1-13-22-23-18-6-7-19(24-26(13)18)25-10-8-14(9-11-25)20(27)21-16-12-15(28-2)4-5-17(16)29-3/h4-7,12,14H,8-11H2,1-3H3,(H,21,27). The quantitative estimate of drug-likeness (QED) is 0.707. The molecule has 152 valence electrons. The van der Waals surface area contributed by atoms with E-state index in [0.29, 0.717) is 17.2 Å². The summed E-state index contributed by atoms with van der Waals surface area (Å²) < 4.78 is 12.3. The monoisotopic (exact) mass is 396 g/mol. The minimum absolute atomic E-state index is 0.00531. The fourth-order valence-corrected chi connectivity index (χ4v) is 3.57. The Morgan fingerprint density at radius 2 is 1.90 bits per heavy atom. The van der Waals surface area contributed by atoms with E-state index < -0.39 is 0 Å². The Bertz CT molecular complexity index is 1030. The molecule has 1 aliphatic heterocycles. The van der Waals surface area contributed by atoms with Crippen molar-refractivity contribution >= 4 is 23.1 Å². The number of fused-ring (bicyclic) bond motifs is 1. The van der Waals surface area contributed by atoms with Crippen molar-refractivity contribution in [1.82, 2.24) is 19.8 Å². The Hall–Kier alpha value is -3.36. The number of aromatic nitrogens is 4. The van der Waals surface area contributed by atoms with Crippen molar-refractivity contribution in [3.63, 3.8) is 0 Å². The maximum absolute atomic E-state index is 12.8. The van der Waals surface area contributed by atoms with Crippen LogP contribution in [0, 0.1) is 12.8 Å². The molecule has 0 saturated carbocycles. The molecule has 1 fully saturated rings. The molecule has 9 heteroatoms. The number of benzene rings is 1. The molecule has 0 atom stereocenters. The molecule has 0 bridgehead atoms. The third kappa shape index (κ3) is 3.80. The lowest BCUT2D eigenvalue weighted by atomic mass is 9.95. The zero-order chi connectivity index (χ0) is 20.4. The first-order chi connectivity index (χ1) is 14.1. The number of hydrogen-bond acceptors (Lipinski definition) is 7. The first-order valence-electron chi connectivity index (χ1n) is 9.56. The fraction of sp³-hybridized carbons (Fsp3) is 0.400. The van der Waals surface area contributed by atoms with Crippen molar-refractivity contribution in [2.24, 2.45) is 5.92 Å². The van der Waals surface area contributed by atoms with Gasteiger partial charge in [0.1, 0.15) is 17.3 Å². The lowest BCUT2D eigenvalue weighted by molar-refractivity contribution is -0.120. The highest BCUT2D eigenvalue weighted by molar-refractivity contribution is 5.94. The van der Waals surface area contributed by atoms with Crippen LogP contribution in [0.4, 0.5) is 11.5 Å². The van der Waals surface area contributed by atoms with E-state index in [9.17, 15) is 4.79 Å². The van der Waals surface area contributed by atoms with Gasteiger partial charge in [0.25, 0.3) is 0 Å². The summed E-state index contributed by atoms with van der Waals surface area (Å²) in [4.78, 5) is 15.0. The molecule has 1 N–H and O–H groups in total. The number of carbonyl (C=O) groups excluding carboxylic acids is 1. The van der Waals surface area contributed by atoms with E-state index in [4.69, 9.17) is 9.47 Å². The van der Waals surface area contributed by atoms with E-state index in [-0.39, 0.29) is 11.8 Å². The largest absolute Gasteiger partial charge is 0.497 e. The highest BCUT2D eigenvalue weighted by Gasteiger charge is 2.26. The Morgan fingerprint density at radius 1 is 1.10 bits per heavy atom. The third-order valence-electron chi connectivity index (χ3n) is 5.26. The number of nitrogens with one attached hydrogen (secondary N) is 1. The average Bonchev–Trinajstić information content (AvgIpc) is 3.14. The number of nitrogens with zero attached hydrogens (tertiary/aromatic N) is 5. The van der Waals surface area contributed by atoms with Crippen LogP contribution in [-0.4, -0.2) is 53.0 Å². The molecule has 1 aromatic carbocycles. The summed E-state index contributed by atoms with van der Waals surface area (Å²) in [6.45, 7) is 3.39. The first-order valence-corrected chi connectivity index (χ1v) is 9.56. The van der Waals surface area contributed by atoms with E-state index >= 15 is 0 Å². The van der Waals surface area contributed by atoms with Gasteiger partial charge in [-0.3, -0.25) is 4.79 Å². The summed E-state index contributed by atoms with van der Waals surface area (Å²) in [5, 5.41) is 15.7. The maximum atomic E-state index is 12.8. The van der Waals surface area contributed by atoms with Gasteiger partial charge in [0.05, 0.1) is 19.9 Å². The lowest BCUT2D eigenvalue weighted by Gasteiger charge is -2.32. The predicted molar refractivity (Wildman–Crippen MR) is 109 cm³/mol. The van der Waals surface area contributed by atoms with Crippen LogP contribution >= 0.6 is 0 Å². The van der Waals surface area contributed by atoms with Gasteiger partial charge in [-0.25, -0.2) is 0 Å². The number of hydrogen-bond donors (Lipinski definition) is 1. The smallest absolute Gasteiger partial charge is 0.227 e.